The minimum atomic E-state index is -0.135. The summed E-state index contributed by atoms with van der Waals surface area (Å²) in [4.78, 5) is 17.8. The third-order valence-electron chi connectivity index (χ3n) is 1.69. The summed E-state index contributed by atoms with van der Waals surface area (Å²) in [6.07, 6.45) is 2.86. The van der Waals surface area contributed by atoms with Gasteiger partial charge in [0.05, 0.1) is 5.92 Å². The van der Waals surface area contributed by atoms with Gasteiger partial charge >= 0.3 is 0 Å². The number of H-pyrrole nitrogens is 1. The molecule has 0 aliphatic carbocycles. The molecule has 66 valence electrons. The van der Waals surface area contributed by atoms with Crippen LogP contribution < -0.4 is 0 Å². The summed E-state index contributed by atoms with van der Waals surface area (Å²) in [6, 6.07) is 0. The van der Waals surface area contributed by atoms with Gasteiger partial charge in [-0.3, -0.25) is 0 Å². The van der Waals surface area contributed by atoms with Crippen molar-refractivity contribution in [3.63, 3.8) is 0 Å². The number of nitrogens with zero attached hydrogens (tertiary/aromatic N) is 1. The van der Waals surface area contributed by atoms with E-state index in [4.69, 9.17) is 0 Å². The minimum absolute atomic E-state index is 0.135. The van der Waals surface area contributed by atoms with Gasteiger partial charge in [0.1, 0.15) is 17.1 Å². The Morgan fingerprint density at radius 1 is 1.67 bits per heavy atom. The first kappa shape index (κ1) is 9.32. The standard InChI is InChI=1S/C8H12N2OS/c1-5(4-11)7-9-6(2)8(10-7)12-3/h4-5H,1-3H3,(H,9,10). The molecule has 0 saturated carbocycles. The van der Waals surface area contributed by atoms with E-state index in [1.807, 2.05) is 20.1 Å². The second-order valence-corrected chi connectivity index (χ2v) is 3.48. The van der Waals surface area contributed by atoms with E-state index in [1.165, 1.54) is 0 Å². The van der Waals surface area contributed by atoms with Gasteiger partial charge in [0.25, 0.3) is 0 Å². The highest BCUT2D eigenvalue weighted by Crippen LogP contribution is 2.19. The number of hydrogen-bond acceptors (Lipinski definition) is 3. The quantitative estimate of drug-likeness (QED) is 0.575. The SMILES string of the molecule is CSc1nc(C(C)C=O)[nH]c1C. The van der Waals surface area contributed by atoms with Crippen molar-refractivity contribution < 1.29 is 4.79 Å². The molecule has 1 atom stereocenters. The Hall–Kier alpha value is -0.770. The van der Waals surface area contributed by atoms with Crippen LogP contribution in [0.15, 0.2) is 5.03 Å². The van der Waals surface area contributed by atoms with Crippen LogP contribution in [0.4, 0.5) is 0 Å². The van der Waals surface area contributed by atoms with Crippen molar-refractivity contribution >= 4 is 18.0 Å². The summed E-state index contributed by atoms with van der Waals surface area (Å²) in [5.74, 6) is 0.622. The van der Waals surface area contributed by atoms with E-state index in [0.717, 1.165) is 22.8 Å². The van der Waals surface area contributed by atoms with Gasteiger partial charge in [-0.05, 0) is 20.1 Å². The number of rotatable bonds is 3. The highest BCUT2D eigenvalue weighted by atomic mass is 32.2. The summed E-state index contributed by atoms with van der Waals surface area (Å²) in [7, 11) is 0. The van der Waals surface area contributed by atoms with Gasteiger partial charge in [-0.1, -0.05) is 0 Å². The second kappa shape index (κ2) is 3.76. The molecule has 0 saturated heterocycles. The largest absolute Gasteiger partial charge is 0.345 e. The van der Waals surface area contributed by atoms with Crippen molar-refractivity contribution in [2.75, 3.05) is 6.26 Å². The number of aromatic amines is 1. The maximum Gasteiger partial charge on any atom is 0.130 e. The van der Waals surface area contributed by atoms with Gasteiger partial charge < -0.3 is 9.78 Å². The molecule has 1 rings (SSSR count). The van der Waals surface area contributed by atoms with Gasteiger partial charge in [0, 0.05) is 5.69 Å². The number of aryl methyl sites for hydroxylation is 1. The van der Waals surface area contributed by atoms with E-state index in [0.29, 0.717) is 0 Å². The molecule has 0 spiro atoms. The number of carbonyl (C=O) groups is 1. The van der Waals surface area contributed by atoms with Crippen molar-refractivity contribution in [1.29, 1.82) is 0 Å². The molecule has 0 amide bonds. The van der Waals surface area contributed by atoms with E-state index in [2.05, 4.69) is 9.97 Å². The third-order valence-corrected chi connectivity index (χ3v) is 2.47. The first-order valence-electron chi connectivity index (χ1n) is 3.74. The Balaban J connectivity index is 2.95. The number of carbonyl (C=O) groups excluding carboxylic acids is 1. The number of thioether (sulfide) groups is 1. The Labute approximate surface area is 76.0 Å². The molecule has 1 heterocycles. The lowest BCUT2D eigenvalue weighted by atomic mass is 10.2. The molecule has 12 heavy (non-hydrogen) atoms. The topological polar surface area (TPSA) is 45.8 Å². The Morgan fingerprint density at radius 2 is 2.33 bits per heavy atom. The van der Waals surface area contributed by atoms with Gasteiger partial charge in [-0.2, -0.15) is 0 Å². The average molecular weight is 184 g/mol. The van der Waals surface area contributed by atoms with Crippen LogP contribution in [-0.4, -0.2) is 22.5 Å². The lowest BCUT2D eigenvalue weighted by Crippen LogP contribution is -1.96. The van der Waals surface area contributed by atoms with E-state index in [9.17, 15) is 4.79 Å². The maximum absolute atomic E-state index is 10.4. The lowest BCUT2D eigenvalue weighted by molar-refractivity contribution is -0.108. The molecule has 1 aromatic rings. The average Bonchev–Trinajstić information content (AvgIpc) is 2.45. The molecule has 0 aliphatic rings. The van der Waals surface area contributed by atoms with Crippen LogP contribution in [0.5, 0.6) is 0 Å². The normalized spacial score (nSPS) is 12.9. The van der Waals surface area contributed by atoms with Gasteiger partial charge in [-0.25, -0.2) is 4.98 Å². The molecule has 0 bridgehead atoms. The van der Waals surface area contributed by atoms with Gasteiger partial charge in [-0.15, -0.1) is 11.8 Å². The lowest BCUT2D eigenvalue weighted by Gasteiger charge is -1.95. The summed E-state index contributed by atoms with van der Waals surface area (Å²) < 4.78 is 0. The van der Waals surface area contributed by atoms with E-state index >= 15 is 0 Å². The van der Waals surface area contributed by atoms with Crippen LogP contribution in [0.2, 0.25) is 0 Å². The van der Waals surface area contributed by atoms with Crippen molar-refractivity contribution in [2.24, 2.45) is 0 Å². The van der Waals surface area contributed by atoms with Crippen molar-refractivity contribution in [2.45, 2.75) is 24.8 Å². The first-order valence-corrected chi connectivity index (χ1v) is 4.97. The maximum atomic E-state index is 10.4. The summed E-state index contributed by atoms with van der Waals surface area (Å²) >= 11 is 1.59. The molecule has 1 N–H and O–H groups in total. The molecular weight excluding hydrogens is 172 g/mol. The minimum Gasteiger partial charge on any atom is -0.345 e. The zero-order chi connectivity index (χ0) is 9.14. The predicted molar refractivity (Wildman–Crippen MR) is 49.6 cm³/mol. The van der Waals surface area contributed by atoms with Crippen LogP contribution in [0, 0.1) is 6.92 Å². The van der Waals surface area contributed by atoms with Crippen molar-refractivity contribution in [3.05, 3.63) is 11.5 Å². The second-order valence-electron chi connectivity index (χ2n) is 2.68. The molecule has 4 heteroatoms. The molecular formula is C8H12N2OS. The van der Waals surface area contributed by atoms with Crippen LogP contribution in [0.3, 0.4) is 0 Å². The zero-order valence-electron chi connectivity index (χ0n) is 7.42. The molecule has 0 radical (unpaired) electrons. The predicted octanol–water partition coefficient (Wildman–Crippen LogP) is 1.74. The molecule has 0 aliphatic heterocycles. The molecule has 0 aromatic carbocycles. The summed E-state index contributed by atoms with van der Waals surface area (Å²) in [5, 5.41) is 0.971. The third kappa shape index (κ3) is 1.69. The van der Waals surface area contributed by atoms with E-state index < -0.39 is 0 Å². The number of imidazole rings is 1. The molecule has 1 aromatic heterocycles. The fourth-order valence-corrected chi connectivity index (χ4v) is 1.49. The summed E-state index contributed by atoms with van der Waals surface area (Å²) in [5.41, 5.74) is 1.03. The molecule has 0 fully saturated rings. The summed E-state index contributed by atoms with van der Waals surface area (Å²) in [6.45, 7) is 3.79. The van der Waals surface area contributed by atoms with Crippen LogP contribution in [0.1, 0.15) is 24.4 Å². The van der Waals surface area contributed by atoms with Crippen molar-refractivity contribution in [3.8, 4) is 0 Å². The number of aldehydes is 1. The fraction of sp³-hybridized carbons (Fsp3) is 0.500. The Morgan fingerprint density at radius 3 is 2.75 bits per heavy atom. The molecule has 3 nitrogen and oxygen atoms in total. The van der Waals surface area contributed by atoms with Crippen LogP contribution in [0.25, 0.3) is 0 Å². The van der Waals surface area contributed by atoms with Crippen molar-refractivity contribution in [1.82, 2.24) is 9.97 Å². The Bertz CT molecular complexity index is 283. The van der Waals surface area contributed by atoms with Gasteiger partial charge in [0.2, 0.25) is 0 Å². The molecule has 1 unspecified atom stereocenters. The number of hydrogen-bond donors (Lipinski definition) is 1. The smallest absolute Gasteiger partial charge is 0.130 e. The highest BCUT2D eigenvalue weighted by molar-refractivity contribution is 7.98. The van der Waals surface area contributed by atoms with E-state index in [-0.39, 0.29) is 5.92 Å². The van der Waals surface area contributed by atoms with Gasteiger partial charge in [0.15, 0.2) is 0 Å². The Kier molecular flexibility index (Phi) is 2.92. The first-order chi connectivity index (χ1) is 5.69. The number of aromatic nitrogens is 2. The van der Waals surface area contributed by atoms with Crippen LogP contribution >= 0.6 is 11.8 Å². The monoisotopic (exact) mass is 184 g/mol. The highest BCUT2D eigenvalue weighted by Gasteiger charge is 2.10. The number of nitrogens with one attached hydrogen (secondary N) is 1. The van der Waals surface area contributed by atoms with E-state index in [1.54, 1.807) is 11.8 Å². The fourth-order valence-electron chi connectivity index (χ4n) is 0.946. The zero-order valence-corrected chi connectivity index (χ0v) is 8.23. The van der Waals surface area contributed by atoms with Crippen LogP contribution in [-0.2, 0) is 4.79 Å².